The van der Waals surface area contributed by atoms with Crippen molar-refractivity contribution in [2.75, 3.05) is 12.4 Å². The Morgan fingerprint density at radius 2 is 2.00 bits per heavy atom. The highest BCUT2D eigenvalue weighted by atomic mass is 127. The van der Waals surface area contributed by atoms with Crippen LogP contribution < -0.4 is 10.1 Å². The number of ether oxygens (including phenoxy) is 1. The molecule has 0 saturated heterocycles. The smallest absolute Gasteiger partial charge is 0.322 e. The molecule has 18 heavy (non-hydrogen) atoms. The zero-order chi connectivity index (χ0) is 13.1. The largest absolute Gasteiger partial charge is 0.467 e. The predicted molar refractivity (Wildman–Crippen MR) is 78.8 cm³/mol. The van der Waals surface area contributed by atoms with Crippen LogP contribution in [0.4, 0.5) is 11.6 Å². The number of rotatable bonds is 3. The second kappa shape index (κ2) is 5.85. The molecule has 1 aromatic heterocycles. The van der Waals surface area contributed by atoms with Crippen LogP contribution in [0.3, 0.4) is 0 Å². The number of aromatic nitrogens is 3. The molecule has 2 aromatic rings. The van der Waals surface area contributed by atoms with Gasteiger partial charge in [0.05, 0.1) is 17.8 Å². The second-order valence-corrected chi connectivity index (χ2v) is 5.15. The van der Waals surface area contributed by atoms with E-state index in [0.717, 1.165) is 3.57 Å². The van der Waals surface area contributed by atoms with Crippen molar-refractivity contribution < 1.29 is 4.74 Å². The maximum atomic E-state index is 6.09. The lowest BCUT2D eigenvalue weighted by atomic mass is 10.3. The molecular formula is C10H7Cl2IN4O. The first-order chi connectivity index (χ1) is 8.58. The highest BCUT2D eigenvalue weighted by Crippen LogP contribution is 2.26. The van der Waals surface area contributed by atoms with E-state index in [1.807, 2.05) is 18.2 Å². The number of methoxy groups -OCH3 is 1. The van der Waals surface area contributed by atoms with Gasteiger partial charge in [0.25, 0.3) is 0 Å². The third-order valence-electron chi connectivity index (χ3n) is 1.95. The first kappa shape index (κ1) is 13.6. The molecule has 0 fully saturated rings. The fourth-order valence-corrected chi connectivity index (χ4v) is 2.25. The summed E-state index contributed by atoms with van der Waals surface area (Å²) in [6.07, 6.45) is 0. The van der Waals surface area contributed by atoms with Crippen LogP contribution in [0.25, 0.3) is 0 Å². The lowest BCUT2D eigenvalue weighted by Gasteiger charge is -2.07. The van der Waals surface area contributed by atoms with E-state index in [1.54, 1.807) is 0 Å². The molecule has 0 aliphatic heterocycles. The van der Waals surface area contributed by atoms with E-state index in [4.69, 9.17) is 27.9 Å². The number of hydrogen-bond donors (Lipinski definition) is 1. The van der Waals surface area contributed by atoms with Crippen LogP contribution in [0, 0.1) is 3.57 Å². The molecule has 1 N–H and O–H groups in total. The van der Waals surface area contributed by atoms with Crippen LogP contribution in [0.5, 0.6) is 6.01 Å². The third-order valence-corrected chi connectivity index (χ3v) is 3.10. The van der Waals surface area contributed by atoms with Crippen LogP contribution in [0.2, 0.25) is 10.3 Å². The van der Waals surface area contributed by atoms with E-state index in [0.29, 0.717) is 10.7 Å². The molecule has 0 aliphatic rings. The summed E-state index contributed by atoms with van der Waals surface area (Å²) in [6.45, 7) is 0. The average molecular weight is 397 g/mol. The molecule has 1 heterocycles. The van der Waals surface area contributed by atoms with E-state index in [2.05, 4.69) is 42.9 Å². The van der Waals surface area contributed by atoms with E-state index < -0.39 is 0 Å². The Morgan fingerprint density at radius 1 is 1.22 bits per heavy atom. The molecule has 0 radical (unpaired) electrons. The molecule has 0 spiro atoms. The summed E-state index contributed by atoms with van der Waals surface area (Å²) in [5, 5.41) is 3.57. The van der Waals surface area contributed by atoms with Gasteiger partial charge in [0.2, 0.25) is 11.2 Å². The minimum atomic E-state index is 0.0472. The van der Waals surface area contributed by atoms with E-state index in [1.165, 1.54) is 7.11 Å². The normalized spacial score (nSPS) is 10.2. The van der Waals surface area contributed by atoms with Crippen molar-refractivity contribution in [2.24, 2.45) is 0 Å². The molecule has 94 valence electrons. The van der Waals surface area contributed by atoms with Gasteiger partial charge in [0, 0.05) is 3.57 Å². The van der Waals surface area contributed by atoms with Gasteiger partial charge in [-0.05, 0) is 52.4 Å². The van der Waals surface area contributed by atoms with E-state index in [9.17, 15) is 0 Å². The number of halogens is 3. The number of hydrogen-bond acceptors (Lipinski definition) is 5. The van der Waals surface area contributed by atoms with Crippen LogP contribution in [0.1, 0.15) is 0 Å². The summed E-state index contributed by atoms with van der Waals surface area (Å²) in [6, 6.07) is 5.70. The fraction of sp³-hybridized carbons (Fsp3) is 0.100. The highest BCUT2D eigenvalue weighted by molar-refractivity contribution is 14.1. The quantitative estimate of drug-likeness (QED) is 0.804. The molecule has 0 atom stereocenters. The highest BCUT2D eigenvalue weighted by Gasteiger charge is 2.07. The van der Waals surface area contributed by atoms with Crippen LogP contribution in [0.15, 0.2) is 18.2 Å². The first-order valence-electron chi connectivity index (χ1n) is 4.76. The van der Waals surface area contributed by atoms with Crippen LogP contribution >= 0.6 is 45.8 Å². The summed E-state index contributed by atoms with van der Waals surface area (Å²) in [7, 11) is 1.45. The Bertz CT molecular complexity index is 582. The van der Waals surface area contributed by atoms with Gasteiger partial charge in [0.1, 0.15) is 0 Å². The van der Waals surface area contributed by atoms with Crippen molar-refractivity contribution in [3.05, 3.63) is 32.1 Å². The average Bonchev–Trinajstić information content (AvgIpc) is 2.32. The number of nitrogens with zero attached hydrogens (tertiary/aromatic N) is 3. The predicted octanol–water partition coefficient (Wildman–Crippen LogP) is 3.54. The summed E-state index contributed by atoms with van der Waals surface area (Å²) < 4.78 is 5.94. The summed E-state index contributed by atoms with van der Waals surface area (Å²) in [5.41, 5.74) is 0.682. The summed E-state index contributed by atoms with van der Waals surface area (Å²) in [4.78, 5) is 11.7. The monoisotopic (exact) mass is 396 g/mol. The topological polar surface area (TPSA) is 59.9 Å². The Balaban J connectivity index is 2.30. The Labute approximate surface area is 127 Å². The van der Waals surface area contributed by atoms with Crippen LogP contribution in [-0.2, 0) is 0 Å². The first-order valence-corrected chi connectivity index (χ1v) is 6.59. The third kappa shape index (κ3) is 3.33. The van der Waals surface area contributed by atoms with Crippen molar-refractivity contribution in [1.29, 1.82) is 0 Å². The maximum absolute atomic E-state index is 6.09. The van der Waals surface area contributed by atoms with Crippen molar-refractivity contribution >= 4 is 57.4 Å². The Morgan fingerprint density at radius 3 is 2.67 bits per heavy atom. The lowest BCUT2D eigenvalue weighted by Crippen LogP contribution is -2.02. The number of nitrogens with one attached hydrogen (secondary N) is 1. The van der Waals surface area contributed by atoms with Crippen molar-refractivity contribution in [3.8, 4) is 6.01 Å². The molecule has 0 amide bonds. The van der Waals surface area contributed by atoms with Gasteiger partial charge >= 0.3 is 6.01 Å². The van der Waals surface area contributed by atoms with Gasteiger partial charge in [-0.1, -0.05) is 11.6 Å². The van der Waals surface area contributed by atoms with Crippen molar-refractivity contribution in [3.63, 3.8) is 0 Å². The SMILES string of the molecule is COc1nc(Cl)nc(Nc2ccc(I)cc2Cl)n1. The van der Waals surface area contributed by atoms with Gasteiger partial charge in [0.15, 0.2) is 0 Å². The molecular weight excluding hydrogens is 390 g/mol. The minimum absolute atomic E-state index is 0.0472. The number of benzene rings is 1. The minimum Gasteiger partial charge on any atom is -0.467 e. The standard InChI is InChI=1S/C10H7Cl2IN4O/c1-18-10-16-8(12)15-9(17-10)14-7-3-2-5(13)4-6(7)11/h2-4H,1H3,(H,14,15,16,17). The molecule has 5 nitrogen and oxygen atoms in total. The van der Waals surface area contributed by atoms with Gasteiger partial charge in [-0.3, -0.25) is 0 Å². The maximum Gasteiger partial charge on any atom is 0.322 e. The van der Waals surface area contributed by atoms with Crippen LogP contribution in [-0.4, -0.2) is 22.1 Å². The van der Waals surface area contributed by atoms with Gasteiger partial charge in [-0.2, -0.15) is 15.0 Å². The van der Waals surface area contributed by atoms with Gasteiger partial charge in [-0.15, -0.1) is 0 Å². The Hall–Kier alpha value is -0.860. The zero-order valence-corrected chi connectivity index (χ0v) is 12.8. The molecule has 8 heteroatoms. The molecule has 0 unspecified atom stereocenters. The molecule has 0 saturated carbocycles. The van der Waals surface area contributed by atoms with E-state index >= 15 is 0 Å². The fourth-order valence-electron chi connectivity index (χ4n) is 1.19. The van der Waals surface area contributed by atoms with Gasteiger partial charge in [-0.25, -0.2) is 0 Å². The van der Waals surface area contributed by atoms with Crippen molar-refractivity contribution in [2.45, 2.75) is 0 Å². The number of anilines is 2. The van der Waals surface area contributed by atoms with Gasteiger partial charge < -0.3 is 10.1 Å². The summed E-state index contributed by atoms with van der Waals surface area (Å²) in [5.74, 6) is 0.273. The van der Waals surface area contributed by atoms with Crippen molar-refractivity contribution in [1.82, 2.24) is 15.0 Å². The molecule has 0 bridgehead atoms. The Kier molecular flexibility index (Phi) is 4.41. The molecule has 1 aromatic carbocycles. The second-order valence-electron chi connectivity index (χ2n) is 3.16. The zero-order valence-electron chi connectivity index (χ0n) is 9.12. The molecule has 0 aliphatic carbocycles. The molecule has 2 rings (SSSR count). The summed E-state index contributed by atoms with van der Waals surface area (Å²) >= 11 is 14.0. The lowest BCUT2D eigenvalue weighted by molar-refractivity contribution is 0.379. The van der Waals surface area contributed by atoms with E-state index in [-0.39, 0.29) is 17.2 Å².